The van der Waals surface area contributed by atoms with Gasteiger partial charge in [-0.25, -0.2) is 0 Å². The summed E-state index contributed by atoms with van der Waals surface area (Å²) in [4.78, 5) is 9.98. The molecule has 0 heterocycles. The van der Waals surface area contributed by atoms with Crippen molar-refractivity contribution in [1.82, 2.24) is 0 Å². The molecule has 0 radical (unpaired) electrons. The number of benzene rings is 1. The molecule has 0 bridgehead atoms. The molecule has 1 aromatic rings. The molecule has 0 aliphatic rings. The largest absolute Gasteiger partial charge is 0.269 e. The van der Waals surface area contributed by atoms with Crippen molar-refractivity contribution in [2.24, 2.45) is 0 Å². The Bertz CT molecular complexity index is 376. The van der Waals surface area contributed by atoms with Gasteiger partial charge in [-0.15, -0.1) is 11.8 Å². The van der Waals surface area contributed by atoms with Crippen LogP contribution in [0.4, 0.5) is 5.69 Å². The van der Waals surface area contributed by atoms with Crippen LogP contribution in [0.3, 0.4) is 0 Å². The van der Waals surface area contributed by atoms with E-state index in [1.165, 1.54) is 23.9 Å². The molecule has 1 aromatic carbocycles. The topological polar surface area (TPSA) is 43.1 Å². The molecule has 0 aliphatic carbocycles. The highest BCUT2D eigenvalue weighted by Crippen LogP contribution is 2.23. The van der Waals surface area contributed by atoms with Crippen LogP contribution >= 0.6 is 23.4 Å². The third-order valence-electron chi connectivity index (χ3n) is 1.67. The first-order valence-electron chi connectivity index (χ1n) is 4.38. The van der Waals surface area contributed by atoms with Gasteiger partial charge in [0.2, 0.25) is 0 Å². The fraction of sp³-hybridized carbons (Fsp3) is 0.200. The number of hydrogen-bond donors (Lipinski definition) is 0. The summed E-state index contributed by atoms with van der Waals surface area (Å²) in [7, 11) is 0. The minimum absolute atomic E-state index is 0.0893. The van der Waals surface area contributed by atoms with Gasteiger partial charge in [-0.3, -0.25) is 10.1 Å². The second kappa shape index (κ2) is 5.78. The molecule has 80 valence electrons. The van der Waals surface area contributed by atoms with E-state index < -0.39 is 4.92 Å². The van der Waals surface area contributed by atoms with Crippen molar-refractivity contribution in [3.8, 4) is 0 Å². The molecule has 0 spiro atoms. The standard InChI is InChI=1S/C10H10ClNO2S/c1-2-15-10(11)7-8-3-5-9(6-4-8)12(13)14/h3-7H,2H2,1H3/b10-7-. The second-order valence-corrected chi connectivity index (χ2v) is 4.67. The summed E-state index contributed by atoms with van der Waals surface area (Å²) in [6.07, 6.45) is 1.79. The van der Waals surface area contributed by atoms with Crippen molar-refractivity contribution in [2.45, 2.75) is 6.92 Å². The minimum Gasteiger partial charge on any atom is -0.258 e. The van der Waals surface area contributed by atoms with Gasteiger partial charge >= 0.3 is 0 Å². The summed E-state index contributed by atoms with van der Waals surface area (Å²) in [6, 6.07) is 6.28. The van der Waals surface area contributed by atoms with Crippen molar-refractivity contribution in [3.63, 3.8) is 0 Å². The Labute approximate surface area is 97.3 Å². The molecule has 1 rings (SSSR count). The van der Waals surface area contributed by atoms with Crippen LogP contribution < -0.4 is 0 Å². The number of rotatable bonds is 4. The molecule has 0 N–H and O–H groups in total. The summed E-state index contributed by atoms with van der Waals surface area (Å²) in [5, 5.41) is 10.4. The second-order valence-electron chi connectivity index (χ2n) is 2.73. The maximum absolute atomic E-state index is 10.4. The summed E-state index contributed by atoms with van der Waals surface area (Å²) < 4.78 is 0.686. The number of non-ortho nitro benzene ring substituents is 1. The lowest BCUT2D eigenvalue weighted by Crippen LogP contribution is -1.86. The fourth-order valence-corrected chi connectivity index (χ4v) is 1.95. The Morgan fingerprint density at radius 1 is 1.53 bits per heavy atom. The van der Waals surface area contributed by atoms with Gasteiger partial charge in [-0.1, -0.05) is 18.5 Å². The minimum atomic E-state index is -0.421. The van der Waals surface area contributed by atoms with Crippen LogP contribution in [0.5, 0.6) is 0 Å². The van der Waals surface area contributed by atoms with E-state index in [1.807, 2.05) is 6.92 Å². The summed E-state index contributed by atoms with van der Waals surface area (Å²) in [5.41, 5.74) is 0.956. The molecule has 0 saturated heterocycles. The zero-order chi connectivity index (χ0) is 11.3. The first kappa shape index (κ1) is 12.1. The van der Waals surface area contributed by atoms with Crippen LogP contribution in [-0.4, -0.2) is 10.7 Å². The first-order valence-corrected chi connectivity index (χ1v) is 5.74. The molecule has 0 atom stereocenters. The van der Waals surface area contributed by atoms with E-state index in [1.54, 1.807) is 18.2 Å². The van der Waals surface area contributed by atoms with Crippen molar-refractivity contribution < 1.29 is 4.92 Å². The van der Waals surface area contributed by atoms with Gasteiger partial charge < -0.3 is 0 Å². The molecule has 0 aliphatic heterocycles. The van der Waals surface area contributed by atoms with Gasteiger partial charge in [0, 0.05) is 12.1 Å². The van der Waals surface area contributed by atoms with Crippen LogP contribution in [-0.2, 0) is 0 Å². The predicted octanol–water partition coefficient (Wildman–Crippen LogP) is 3.89. The van der Waals surface area contributed by atoms with E-state index in [9.17, 15) is 10.1 Å². The van der Waals surface area contributed by atoms with Gasteiger partial charge in [0.05, 0.1) is 9.29 Å². The lowest BCUT2D eigenvalue weighted by molar-refractivity contribution is -0.384. The number of halogens is 1. The van der Waals surface area contributed by atoms with Crippen molar-refractivity contribution in [3.05, 3.63) is 44.3 Å². The lowest BCUT2D eigenvalue weighted by atomic mass is 10.2. The van der Waals surface area contributed by atoms with E-state index in [0.717, 1.165) is 11.3 Å². The Morgan fingerprint density at radius 3 is 2.60 bits per heavy atom. The quantitative estimate of drug-likeness (QED) is 0.595. The Kier molecular flexibility index (Phi) is 4.65. The Morgan fingerprint density at radius 2 is 2.13 bits per heavy atom. The number of nitrogens with zero attached hydrogens (tertiary/aromatic N) is 1. The highest BCUT2D eigenvalue weighted by Gasteiger charge is 2.02. The van der Waals surface area contributed by atoms with E-state index in [-0.39, 0.29) is 5.69 Å². The van der Waals surface area contributed by atoms with Crippen molar-refractivity contribution in [2.75, 3.05) is 5.75 Å². The van der Waals surface area contributed by atoms with Crippen LogP contribution in [0.1, 0.15) is 12.5 Å². The normalized spacial score (nSPS) is 11.5. The molecule has 0 aromatic heterocycles. The summed E-state index contributed by atoms with van der Waals surface area (Å²) >= 11 is 7.44. The maximum Gasteiger partial charge on any atom is 0.269 e. The Hall–Kier alpha value is -1.00. The van der Waals surface area contributed by atoms with E-state index in [4.69, 9.17) is 11.6 Å². The Balaban J connectivity index is 2.80. The van der Waals surface area contributed by atoms with Crippen molar-refractivity contribution >= 4 is 35.1 Å². The molecule has 0 unspecified atom stereocenters. The zero-order valence-electron chi connectivity index (χ0n) is 8.14. The first-order chi connectivity index (χ1) is 7.13. The fourth-order valence-electron chi connectivity index (χ4n) is 1.00. The number of thioether (sulfide) groups is 1. The molecular formula is C10H10ClNO2S. The van der Waals surface area contributed by atoms with Crippen LogP contribution in [0.25, 0.3) is 6.08 Å². The molecule has 15 heavy (non-hydrogen) atoms. The van der Waals surface area contributed by atoms with Gasteiger partial charge in [0.25, 0.3) is 5.69 Å². The SMILES string of the molecule is CCS/C(Cl)=C\c1ccc([N+](=O)[O-])cc1. The number of nitro groups is 1. The van der Waals surface area contributed by atoms with Crippen LogP contribution in [0.2, 0.25) is 0 Å². The molecule has 3 nitrogen and oxygen atoms in total. The lowest BCUT2D eigenvalue weighted by Gasteiger charge is -1.96. The molecule has 0 saturated carbocycles. The molecular weight excluding hydrogens is 234 g/mol. The van der Waals surface area contributed by atoms with Gasteiger partial charge in [-0.05, 0) is 29.5 Å². The van der Waals surface area contributed by atoms with Crippen molar-refractivity contribution in [1.29, 1.82) is 0 Å². The summed E-state index contributed by atoms with van der Waals surface area (Å²) in [5.74, 6) is 0.905. The average Bonchev–Trinajstić information content (AvgIpc) is 2.18. The zero-order valence-corrected chi connectivity index (χ0v) is 9.72. The molecule has 5 heteroatoms. The third-order valence-corrected chi connectivity index (χ3v) is 2.79. The van der Waals surface area contributed by atoms with E-state index in [0.29, 0.717) is 4.36 Å². The molecule has 0 fully saturated rings. The average molecular weight is 244 g/mol. The smallest absolute Gasteiger partial charge is 0.258 e. The van der Waals surface area contributed by atoms with Crippen LogP contribution in [0, 0.1) is 10.1 Å². The van der Waals surface area contributed by atoms with E-state index >= 15 is 0 Å². The number of nitro benzene ring substituents is 1. The van der Waals surface area contributed by atoms with Gasteiger partial charge in [-0.2, -0.15) is 0 Å². The highest BCUT2D eigenvalue weighted by molar-refractivity contribution is 8.04. The van der Waals surface area contributed by atoms with Gasteiger partial charge in [0.1, 0.15) is 0 Å². The number of hydrogen-bond acceptors (Lipinski definition) is 3. The van der Waals surface area contributed by atoms with Crippen LogP contribution in [0.15, 0.2) is 28.6 Å². The van der Waals surface area contributed by atoms with Gasteiger partial charge in [0.15, 0.2) is 0 Å². The molecule has 0 amide bonds. The monoisotopic (exact) mass is 243 g/mol. The third kappa shape index (κ3) is 3.93. The maximum atomic E-state index is 10.4. The highest BCUT2D eigenvalue weighted by atomic mass is 35.5. The van der Waals surface area contributed by atoms with E-state index in [2.05, 4.69) is 0 Å². The summed E-state index contributed by atoms with van der Waals surface area (Å²) in [6.45, 7) is 2.01. The predicted molar refractivity (Wildman–Crippen MR) is 65.1 cm³/mol.